The third-order valence-electron chi connectivity index (χ3n) is 6.12. The summed E-state index contributed by atoms with van der Waals surface area (Å²) in [6.07, 6.45) is 0.0648. The van der Waals surface area contributed by atoms with Gasteiger partial charge in [-0.25, -0.2) is 4.39 Å². The van der Waals surface area contributed by atoms with E-state index in [-0.39, 0.29) is 18.2 Å². The fourth-order valence-corrected chi connectivity index (χ4v) is 5.39. The van der Waals surface area contributed by atoms with Gasteiger partial charge in [-0.3, -0.25) is 14.4 Å². The average molecular weight is 490 g/mol. The summed E-state index contributed by atoms with van der Waals surface area (Å²) in [6.45, 7) is 6.08. The van der Waals surface area contributed by atoms with Crippen molar-refractivity contribution in [3.63, 3.8) is 0 Å². The van der Waals surface area contributed by atoms with Crippen molar-refractivity contribution in [2.24, 2.45) is 4.99 Å². The Morgan fingerprint density at radius 2 is 1.71 bits per heavy atom. The number of thiophene rings is 1. The number of nitrogens with zero attached hydrogens (tertiary/aromatic N) is 4. The Balaban J connectivity index is 1.60. The second kappa shape index (κ2) is 9.07. The third kappa shape index (κ3) is 4.23. The molecule has 1 aliphatic heterocycles. The second-order valence-electron chi connectivity index (χ2n) is 8.39. The molecule has 1 aliphatic rings. The summed E-state index contributed by atoms with van der Waals surface area (Å²) in [5.41, 5.74) is 5.53. The first-order valence-corrected chi connectivity index (χ1v) is 12.0. The van der Waals surface area contributed by atoms with E-state index in [2.05, 4.69) is 29.4 Å². The number of halogens is 1. The molecule has 2 aromatic carbocycles. The van der Waals surface area contributed by atoms with Crippen molar-refractivity contribution in [3.05, 3.63) is 87.6 Å². The molecular formula is C26H24FN5O2S. The fourth-order valence-electron chi connectivity index (χ4n) is 4.18. The number of nitrogens with one attached hydrogen (secondary N) is 1. The van der Waals surface area contributed by atoms with Crippen LogP contribution in [0.4, 0.5) is 15.8 Å². The summed E-state index contributed by atoms with van der Waals surface area (Å²) in [7, 11) is 1.37. The van der Waals surface area contributed by atoms with Crippen molar-refractivity contribution >= 4 is 34.4 Å². The Kier molecular flexibility index (Phi) is 5.94. The van der Waals surface area contributed by atoms with Crippen LogP contribution >= 0.6 is 11.3 Å². The van der Waals surface area contributed by atoms with Crippen molar-refractivity contribution in [2.45, 2.75) is 33.2 Å². The lowest BCUT2D eigenvalue weighted by atomic mass is 9.99. The summed E-state index contributed by atoms with van der Waals surface area (Å²) < 4.78 is 20.2. The number of ether oxygens (including phenoxy) is 1. The molecule has 0 fully saturated rings. The van der Waals surface area contributed by atoms with Crippen LogP contribution < -0.4 is 5.32 Å². The minimum atomic E-state index is -0.532. The fraction of sp³-hybridized carbons (Fsp3) is 0.231. The van der Waals surface area contributed by atoms with Crippen LogP contribution in [0.25, 0.3) is 5.00 Å². The quantitative estimate of drug-likeness (QED) is 0.370. The molecule has 5 rings (SSSR count). The van der Waals surface area contributed by atoms with Gasteiger partial charge in [-0.05, 0) is 62.7 Å². The highest BCUT2D eigenvalue weighted by molar-refractivity contribution is 7.15. The molecule has 2 aromatic heterocycles. The predicted octanol–water partition coefficient (Wildman–Crippen LogP) is 5.59. The number of aryl methyl sites for hydroxylation is 2. The Bertz CT molecular complexity index is 1440. The molecule has 3 heterocycles. The zero-order valence-corrected chi connectivity index (χ0v) is 20.6. The number of anilines is 2. The molecule has 0 bridgehead atoms. The van der Waals surface area contributed by atoms with Crippen LogP contribution in [-0.4, -0.2) is 33.6 Å². The number of methoxy groups -OCH3 is 1. The number of carbonyl (C=O) groups excluding carboxylic acids is 1. The van der Waals surface area contributed by atoms with E-state index in [9.17, 15) is 9.18 Å². The molecule has 0 saturated heterocycles. The van der Waals surface area contributed by atoms with Gasteiger partial charge in [-0.15, -0.1) is 21.5 Å². The molecule has 0 saturated carbocycles. The van der Waals surface area contributed by atoms with Gasteiger partial charge in [-0.1, -0.05) is 12.1 Å². The van der Waals surface area contributed by atoms with Gasteiger partial charge in [0.25, 0.3) is 0 Å². The number of esters is 1. The lowest BCUT2D eigenvalue weighted by molar-refractivity contribution is -0.141. The lowest BCUT2D eigenvalue weighted by Crippen LogP contribution is -2.12. The Morgan fingerprint density at radius 3 is 2.37 bits per heavy atom. The van der Waals surface area contributed by atoms with Crippen LogP contribution in [0.1, 0.15) is 45.7 Å². The summed E-state index contributed by atoms with van der Waals surface area (Å²) in [5, 5.41) is 12.9. The van der Waals surface area contributed by atoms with Crippen molar-refractivity contribution in [2.75, 3.05) is 12.4 Å². The van der Waals surface area contributed by atoms with Gasteiger partial charge in [-0.2, -0.15) is 0 Å². The number of rotatable bonds is 5. The van der Waals surface area contributed by atoms with Crippen LogP contribution in [-0.2, 0) is 9.53 Å². The van der Waals surface area contributed by atoms with Gasteiger partial charge < -0.3 is 10.1 Å². The monoisotopic (exact) mass is 489 g/mol. The van der Waals surface area contributed by atoms with Crippen molar-refractivity contribution in [1.29, 1.82) is 0 Å². The number of hydrogen-bond donors (Lipinski definition) is 1. The molecule has 0 aliphatic carbocycles. The van der Waals surface area contributed by atoms with E-state index in [1.165, 1.54) is 24.1 Å². The molecule has 7 nitrogen and oxygen atoms in total. The molecule has 1 atom stereocenters. The second-order valence-corrected chi connectivity index (χ2v) is 9.59. The molecule has 0 unspecified atom stereocenters. The number of carbonyl (C=O) groups is 1. The summed E-state index contributed by atoms with van der Waals surface area (Å²) in [6, 6.07) is 13.6. The van der Waals surface area contributed by atoms with Gasteiger partial charge in [0.2, 0.25) is 0 Å². The van der Waals surface area contributed by atoms with Crippen LogP contribution in [0, 0.1) is 26.6 Å². The molecular weight excluding hydrogens is 465 g/mol. The Hall–Kier alpha value is -3.85. The standard InChI is InChI=1S/C26H24FN5O2S/c1-14-15(2)35-26-23(14)24(29-21(13-22(33)34-4)25-31-30-16(3)32(25)26)17-5-9-19(10-6-17)28-20-11-7-18(27)8-12-20/h5-12,21,28H,13H2,1-4H3/t21-/m0/s1. The van der Waals surface area contributed by atoms with Crippen LogP contribution in [0.15, 0.2) is 53.5 Å². The van der Waals surface area contributed by atoms with Crippen molar-refractivity contribution < 1.29 is 13.9 Å². The van der Waals surface area contributed by atoms with E-state index < -0.39 is 6.04 Å². The number of aliphatic imine (C=N–C) groups is 1. The normalized spacial score (nSPS) is 14.5. The highest BCUT2D eigenvalue weighted by atomic mass is 32.1. The van der Waals surface area contributed by atoms with Gasteiger partial charge in [0.1, 0.15) is 22.7 Å². The van der Waals surface area contributed by atoms with E-state index >= 15 is 0 Å². The minimum absolute atomic E-state index is 0.0648. The smallest absolute Gasteiger partial charge is 0.308 e. The SMILES string of the molecule is COC(=O)C[C@@H]1N=C(c2ccc(Nc3ccc(F)cc3)cc2)c2c(sc(C)c2C)-n2c(C)nnc21. The molecule has 35 heavy (non-hydrogen) atoms. The molecule has 0 amide bonds. The Labute approximate surface area is 206 Å². The molecule has 1 N–H and O–H groups in total. The van der Waals surface area contributed by atoms with Crippen LogP contribution in [0.3, 0.4) is 0 Å². The van der Waals surface area contributed by atoms with E-state index in [0.29, 0.717) is 5.82 Å². The molecule has 9 heteroatoms. The lowest BCUT2D eigenvalue weighted by Gasteiger charge is -2.12. The maximum Gasteiger partial charge on any atom is 0.308 e. The van der Waals surface area contributed by atoms with E-state index in [4.69, 9.17) is 9.73 Å². The predicted molar refractivity (Wildman–Crippen MR) is 135 cm³/mol. The first-order chi connectivity index (χ1) is 16.9. The third-order valence-corrected chi connectivity index (χ3v) is 7.31. The largest absolute Gasteiger partial charge is 0.469 e. The molecule has 4 aromatic rings. The average Bonchev–Trinajstić information content (AvgIpc) is 3.33. The number of fused-ring (bicyclic) bond motifs is 3. The van der Waals surface area contributed by atoms with Crippen LogP contribution in [0.5, 0.6) is 0 Å². The van der Waals surface area contributed by atoms with Gasteiger partial charge in [0, 0.05) is 27.4 Å². The highest BCUT2D eigenvalue weighted by Crippen LogP contribution is 2.39. The van der Waals surface area contributed by atoms with Crippen molar-refractivity contribution in [1.82, 2.24) is 14.8 Å². The van der Waals surface area contributed by atoms with Gasteiger partial charge in [0.05, 0.1) is 19.2 Å². The van der Waals surface area contributed by atoms with Gasteiger partial charge >= 0.3 is 5.97 Å². The maximum atomic E-state index is 13.2. The summed E-state index contributed by atoms with van der Waals surface area (Å²) in [4.78, 5) is 18.5. The first kappa shape index (κ1) is 22.9. The maximum absolute atomic E-state index is 13.2. The van der Waals surface area contributed by atoms with Crippen molar-refractivity contribution in [3.8, 4) is 5.00 Å². The molecule has 0 radical (unpaired) electrons. The molecule has 178 valence electrons. The van der Waals surface area contributed by atoms with E-state index in [1.54, 1.807) is 23.5 Å². The van der Waals surface area contributed by atoms with Gasteiger partial charge in [0.15, 0.2) is 5.82 Å². The highest BCUT2D eigenvalue weighted by Gasteiger charge is 2.32. The topological polar surface area (TPSA) is 81.4 Å². The zero-order valence-electron chi connectivity index (χ0n) is 19.8. The van der Waals surface area contributed by atoms with E-state index in [1.807, 2.05) is 35.8 Å². The number of hydrogen-bond acceptors (Lipinski definition) is 7. The summed E-state index contributed by atoms with van der Waals surface area (Å²) in [5.74, 6) is 0.733. The van der Waals surface area contributed by atoms with Crippen LogP contribution in [0.2, 0.25) is 0 Å². The van der Waals surface area contributed by atoms with E-state index in [0.717, 1.165) is 44.6 Å². The first-order valence-electron chi connectivity index (χ1n) is 11.2. The minimum Gasteiger partial charge on any atom is -0.469 e. The molecule has 0 spiro atoms. The summed E-state index contributed by atoms with van der Waals surface area (Å²) >= 11 is 1.67. The Morgan fingerprint density at radius 1 is 1.06 bits per heavy atom. The zero-order chi connectivity index (χ0) is 24.7. The number of benzene rings is 2. The number of aromatic nitrogens is 3.